The van der Waals surface area contributed by atoms with Gasteiger partial charge in [0.15, 0.2) is 0 Å². The van der Waals surface area contributed by atoms with Crippen molar-refractivity contribution in [3.8, 4) is 0 Å². The van der Waals surface area contributed by atoms with Crippen molar-refractivity contribution in [3.63, 3.8) is 0 Å². The largest absolute Gasteiger partial charge is 0.466 e. The predicted molar refractivity (Wildman–Crippen MR) is 222 cm³/mol. The molecule has 0 aromatic heterocycles. The number of ether oxygens (including phenoxy) is 2. The van der Waals surface area contributed by atoms with Crippen LogP contribution in [-0.2, 0) is 19.1 Å². The molecular weight excluding hydrogens is 688 g/mol. The zero-order valence-corrected chi connectivity index (χ0v) is 35.9. The maximum atomic E-state index is 12.8. The van der Waals surface area contributed by atoms with E-state index in [0.717, 1.165) is 116 Å². The predicted octanol–water partition coefficient (Wildman–Crippen LogP) is 15.0. The highest BCUT2D eigenvalue weighted by Crippen LogP contribution is 2.22. The van der Waals surface area contributed by atoms with Crippen molar-refractivity contribution < 1.29 is 32.2 Å². The van der Waals surface area contributed by atoms with Crippen LogP contribution in [0.4, 0.5) is 13.2 Å². The Hall–Kier alpha value is -1.31. The van der Waals surface area contributed by atoms with Gasteiger partial charge in [0.2, 0.25) is 0 Å². The first-order chi connectivity index (χ1) is 26.2. The van der Waals surface area contributed by atoms with E-state index >= 15 is 0 Å². The van der Waals surface area contributed by atoms with E-state index in [1.54, 1.807) is 0 Å². The molecule has 0 aromatic rings. The summed E-state index contributed by atoms with van der Waals surface area (Å²) in [5.41, 5.74) is 0. The summed E-state index contributed by atoms with van der Waals surface area (Å²) in [7, 11) is 0. The zero-order valence-electron chi connectivity index (χ0n) is 35.9. The molecule has 0 bridgehead atoms. The van der Waals surface area contributed by atoms with Gasteiger partial charge in [0.1, 0.15) is 6.10 Å². The molecule has 0 unspecified atom stereocenters. The van der Waals surface area contributed by atoms with Crippen molar-refractivity contribution in [3.05, 3.63) is 0 Å². The van der Waals surface area contributed by atoms with Gasteiger partial charge in [-0.2, -0.15) is 13.2 Å². The SMILES string of the molecule is CCCCCCCCCOC(=O)CCCCCCCN(CCCCCCCC(=O)OC(CCCCCCCC)CCCCCCCC)CCCC(F)(F)F. The van der Waals surface area contributed by atoms with E-state index < -0.39 is 12.6 Å². The number of alkyl halides is 3. The second kappa shape index (κ2) is 39.9. The van der Waals surface area contributed by atoms with E-state index in [4.69, 9.17) is 9.47 Å². The number of unbranched alkanes of at least 4 members (excludes halogenated alkanes) is 24. The van der Waals surface area contributed by atoms with Crippen LogP contribution in [0.15, 0.2) is 0 Å². The van der Waals surface area contributed by atoms with Gasteiger partial charge >= 0.3 is 18.1 Å². The van der Waals surface area contributed by atoms with E-state index in [9.17, 15) is 22.8 Å². The van der Waals surface area contributed by atoms with Crippen LogP contribution in [0.2, 0.25) is 0 Å². The lowest BCUT2D eigenvalue weighted by Gasteiger charge is -2.22. The molecule has 0 spiro atoms. The number of hydrogen-bond donors (Lipinski definition) is 0. The van der Waals surface area contributed by atoms with Gasteiger partial charge < -0.3 is 14.4 Å². The second-order valence-corrected chi connectivity index (χ2v) is 16.2. The molecule has 5 nitrogen and oxygen atoms in total. The highest BCUT2D eigenvalue weighted by molar-refractivity contribution is 5.69. The third-order valence-corrected chi connectivity index (χ3v) is 10.7. The summed E-state index contributed by atoms with van der Waals surface area (Å²) in [5, 5.41) is 0. The van der Waals surface area contributed by atoms with Crippen LogP contribution < -0.4 is 0 Å². The Kier molecular flexibility index (Phi) is 38.9. The average Bonchev–Trinajstić information content (AvgIpc) is 3.13. The molecule has 0 aromatic carbocycles. The molecule has 0 radical (unpaired) electrons. The normalized spacial score (nSPS) is 11.9. The topological polar surface area (TPSA) is 55.8 Å². The maximum absolute atomic E-state index is 12.8. The second-order valence-electron chi connectivity index (χ2n) is 16.2. The Bertz CT molecular complexity index is 793. The number of halogens is 3. The summed E-state index contributed by atoms with van der Waals surface area (Å²) in [6, 6.07) is 0. The van der Waals surface area contributed by atoms with Gasteiger partial charge in [0.25, 0.3) is 0 Å². The number of hydrogen-bond acceptors (Lipinski definition) is 5. The molecule has 0 atom stereocenters. The maximum Gasteiger partial charge on any atom is 0.389 e. The molecule has 0 N–H and O–H groups in total. The summed E-state index contributed by atoms with van der Waals surface area (Å²) in [5.74, 6) is -0.144. The minimum absolute atomic E-state index is 0.0495. The fourth-order valence-electron chi connectivity index (χ4n) is 7.24. The number of carbonyl (C=O) groups excluding carboxylic acids is 2. The third-order valence-electron chi connectivity index (χ3n) is 10.7. The summed E-state index contributed by atoms with van der Waals surface area (Å²) in [6.45, 7) is 9.36. The molecule has 322 valence electrons. The Balaban J connectivity index is 4.25. The van der Waals surface area contributed by atoms with Gasteiger partial charge in [-0.15, -0.1) is 0 Å². The molecule has 0 aliphatic carbocycles. The molecule has 0 aliphatic rings. The fourth-order valence-corrected chi connectivity index (χ4v) is 7.24. The van der Waals surface area contributed by atoms with Crippen molar-refractivity contribution >= 4 is 11.9 Å². The molecule has 0 saturated heterocycles. The lowest BCUT2D eigenvalue weighted by molar-refractivity contribution is -0.150. The van der Waals surface area contributed by atoms with Gasteiger partial charge in [-0.3, -0.25) is 9.59 Å². The third kappa shape index (κ3) is 40.4. The lowest BCUT2D eigenvalue weighted by atomic mass is 10.0. The minimum atomic E-state index is -4.11. The quantitative estimate of drug-likeness (QED) is 0.0456. The summed E-state index contributed by atoms with van der Waals surface area (Å²) in [6.07, 6.45) is 31.4. The van der Waals surface area contributed by atoms with E-state index in [1.807, 2.05) is 0 Å². The average molecular weight is 776 g/mol. The number of nitrogens with zero attached hydrogens (tertiary/aromatic N) is 1. The first-order valence-electron chi connectivity index (χ1n) is 23.4. The van der Waals surface area contributed by atoms with Gasteiger partial charge in [0, 0.05) is 19.3 Å². The molecule has 0 fully saturated rings. The summed E-state index contributed by atoms with van der Waals surface area (Å²) >= 11 is 0. The van der Waals surface area contributed by atoms with E-state index in [0.29, 0.717) is 26.0 Å². The molecule has 0 aliphatic heterocycles. The van der Waals surface area contributed by atoms with Crippen molar-refractivity contribution in [1.29, 1.82) is 0 Å². The molecule has 0 heterocycles. The highest BCUT2D eigenvalue weighted by Gasteiger charge is 2.26. The van der Waals surface area contributed by atoms with E-state index in [1.165, 1.54) is 96.3 Å². The Labute approximate surface area is 332 Å². The fraction of sp³-hybridized carbons (Fsp3) is 0.957. The van der Waals surface area contributed by atoms with E-state index in [2.05, 4.69) is 25.7 Å². The van der Waals surface area contributed by atoms with Crippen molar-refractivity contribution in [1.82, 2.24) is 4.90 Å². The molecule has 54 heavy (non-hydrogen) atoms. The zero-order chi connectivity index (χ0) is 39.8. The Morgan fingerprint density at radius 1 is 0.463 bits per heavy atom. The molecule has 8 heteroatoms. The lowest BCUT2D eigenvalue weighted by Crippen LogP contribution is -2.28. The summed E-state index contributed by atoms with van der Waals surface area (Å²) < 4.78 is 49.8. The smallest absolute Gasteiger partial charge is 0.389 e. The van der Waals surface area contributed by atoms with Gasteiger partial charge in [-0.25, -0.2) is 0 Å². The highest BCUT2D eigenvalue weighted by atomic mass is 19.4. The van der Waals surface area contributed by atoms with Crippen LogP contribution in [0.5, 0.6) is 0 Å². The van der Waals surface area contributed by atoms with Crippen LogP contribution in [0, 0.1) is 0 Å². The van der Waals surface area contributed by atoms with Gasteiger partial charge in [0.05, 0.1) is 6.61 Å². The van der Waals surface area contributed by atoms with Crippen LogP contribution in [0.1, 0.15) is 245 Å². The Morgan fingerprint density at radius 3 is 1.30 bits per heavy atom. The van der Waals surface area contributed by atoms with Crippen LogP contribution in [-0.4, -0.2) is 55.4 Å². The molecular formula is C46H88F3NO4. The van der Waals surface area contributed by atoms with Crippen molar-refractivity contribution in [2.45, 2.75) is 258 Å². The van der Waals surface area contributed by atoms with Crippen LogP contribution in [0.25, 0.3) is 0 Å². The first-order valence-corrected chi connectivity index (χ1v) is 23.4. The molecule has 0 amide bonds. The van der Waals surface area contributed by atoms with Crippen molar-refractivity contribution in [2.75, 3.05) is 26.2 Å². The monoisotopic (exact) mass is 776 g/mol. The van der Waals surface area contributed by atoms with Crippen LogP contribution >= 0.6 is 0 Å². The number of rotatable bonds is 42. The van der Waals surface area contributed by atoms with Crippen LogP contribution in [0.3, 0.4) is 0 Å². The Morgan fingerprint density at radius 2 is 0.833 bits per heavy atom. The van der Waals surface area contributed by atoms with E-state index in [-0.39, 0.29) is 24.5 Å². The van der Waals surface area contributed by atoms with Gasteiger partial charge in [-0.1, -0.05) is 162 Å². The number of carbonyl (C=O) groups is 2. The molecule has 0 saturated carbocycles. The minimum Gasteiger partial charge on any atom is -0.466 e. The number of esters is 2. The molecule has 0 rings (SSSR count). The first kappa shape index (κ1) is 52.7. The summed E-state index contributed by atoms with van der Waals surface area (Å²) in [4.78, 5) is 26.9. The standard InChI is InChI=1S/C46H88F3NO4/c1-4-7-10-13-16-25-32-42-53-44(51)36-28-21-17-23-30-39-50(41-33-38-46(47,48)49)40-31-24-18-22-29-37-45(52)54-43(34-26-19-14-11-8-5-2)35-27-20-15-12-9-6-3/h43H,4-42H2,1-3H3. The van der Waals surface area contributed by atoms with Crippen molar-refractivity contribution in [2.24, 2.45) is 0 Å². The van der Waals surface area contributed by atoms with Gasteiger partial charge in [-0.05, 0) is 83.8 Å².